The van der Waals surface area contributed by atoms with Crippen molar-refractivity contribution in [2.75, 3.05) is 27.3 Å². The fraction of sp³-hybridized carbons (Fsp3) is 0.350. The molecule has 0 unspecified atom stereocenters. The average molecular weight is 404 g/mol. The molecule has 1 aliphatic rings. The Balaban J connectivity index is 1.61. The molecule has 2 aromatic carbocycles. The van der Waals surface area contributed by atoms with Crippen LogP contribution in [0, 0.1) is 0 Å². The molecule has 28 heavy (non-hydrogen) atoms. The molecule has 7 nitrogen and oxygen atoms in total. The van der Waals surface area contributed by atoms with Crippen molar-refractivity contribution in [3.8, 4) is 11.5 Å². The van der Waals surface area contributed by atoms with Crippen molar-refractivity contribution >= 4 is 15.9 Å². The molecule has 150 valence electrons. The van der Waals surface area contributed by atoms with E-state index < -0.39 is 10.0 Å². The van der Waals surface area contributed by atoms with Gasteiger partial charge in [-0.15, -0.1) is 0 Å². The molecule has 1 amide bonds. The SMILES string of the molecule is COc1ccc(S(=O)(=O)N2CCC(NC(=O)c3ccccc3OC)CC2)cc1. The Morgan fingerprint density at radius 3 is 2.25 bits per heavy atom. The number of nitrogens with zero attached hydrogens (tertiary/aromatic N) is 1. The van der Waals surface area contributed by atoms with Crippen LogP contribution in [0.5, 0.6) is 11.5 Å². The van der Waals surface area contributed by atoms with Crippen LogP contribution in [0.3, 0.4) is 0 Å². The Hall–Kier alpha value is -2.58. The Labute approximate surface area is 165 Å². The van der Waals surface area contributed by atoms with Crippen LogP contribution in [0.15, 0.2) is 53.4 Å². The van der Waals surface area contributed by atoms with E-state index in [4.69, 9.17) is 9.47 Å². The zero-order valence-electron chi connectivity index (χ0n) is 15.9. The maximum Gasteiger partial charge on any atom is 0.255 e. The number of amides is 1. The highest BCUT2D eigenvalue weighted by molar-refractivity contribution is 7.89. The van der Waals surface area contributed by atoms with Gasteiger partial charge in [0.25, 0.3) is 5.91 Å². The molecule has 1 aliphatic heterocycles. The summed E-state index contributed by atoms with van der Waals surface area (Å²) < 4.78 is 37.4. The van der Waals surface area contributed by atoms with Gasteiger partial charge >= 0.3 is 0 Å². The van der Waals surface area contributed by atoms with Gasteiger partial charge in [0.05, 0.1) is 24.7 Å². The van der Waals surface area contributed by atoms with Gasteiger partial charge in [0.15, 0.2) is 0 Å². The maximum atomic E-state index is 12.8. The summed E-state index contributed by atoms with van der Waals surface area (Å²) in [6.07, 6.45) is 1.10. The summed E-state index contributed by atoms with van der Waals surface area (Å²) in [7, 11) is -0.499. The van der Waals surface area contributed by atoms with Gasteiger partial charge in [-0.25, -0.2) is 8.42 Å². The van der Waals surface area contributed by atoms with Gasteiger partial charge in [-0.2, -0.15) is 4.31 Å². The van der Waals surface area contributed by atoms with Crippen LogP contribution in [-0.2, 0) is 10.0 Å². The predicted octanol–water partition coefficient (Wildman–Crippen LogP) is 2.29. The predicted molar refractivity (Wildman–Crippen MR) is 105 cm³/mol. The van der Waals surface area contributed by atoms with Crippen molar-refractivity contribution < 1.29 is 22.7 Å². The van der Waals surface area contributed by atoms with Crippen LogP contribution in [0.2, 0.25) is 0 Å². The van der Waals surface area contributed by atoms with Gasteiger partial charge < -0.3 is 14.8 Å². The third-order valence-electron chi connectivity index (χ3n) is 4.84. The smallest absolute Gasteiger partial charge is 0.255 e. The van der Waals surface area contributed by atoms with E-state index in [1.54, 1.807) is 48.5 Å². The standard InChI is InChI=1S/C20H24N2O5S/c1-26-16-7-9-17(10-8-16)28(24,25)22-13-11-15(12-14-22)21-20(23)18-5-3-4-6-19(18)27-2/h3-10,15H,11-14H2,1-2H3,(H,21,23). The molecule has 0 radical (unpaired) electrons. The summed E-state index contributed by atoms with van der Waals surface area (Å²) in [6.45, 7) is 0.705. The van der Waals surface area contributed by atoms with E-state index in [0.29, 0.717) is 43.0 Å². The quantitative estimate of drug-likeness (QED) is 0.799. The van der Waals surface area contributed by atoms with Gasteiger partial charge in [-0.3, -0.25) is 4.79 Å². The molecule has 1 heterocycles. The molecule has 3 rings (SSSR count). The number of carbonyl (C=O) groups is 1. The Morgan fingerprint density at radius 2 is 1.64 bits per heavy atom. The number of para-hydroxylation sites is 1. The zero-order valence-corrected chi connectivity index (χ0v) is 16.7. The van der Waals surface area contributed by atoms with Crippen LogP contribution in [0.1, 0.15) is 23.2 Å². The summed E-state index contributed by atoms with van der Waals surface area (Å²) in [6, 6.07) is 13.3. The summed E-state index contributed by atoms with van der Waals surface area (Å²) in [5.74, 6) is 0.908. The van der Waals surface area contributed by atoms with Crippen molar-refractivity contribution in [2.45, 2.75) is 23.8 Å². The van der Waals surface area contributed by atoms with E-state index in [9.17, 15) is 13.2 Å². The molecule has 0 aliphatic carbocycles. The van der Waals surface area contributed by atoms with Crippen LogP contribution in [0.25, 0.3) is 0 Å². The van der Waals surface area contributed by atoms with Crippen LogP contribution < -0.4 is 14.8 Å². The summed E-state index contributed by atoms with van der Waals surface area (Å²) in [5, 5.41) is 2.98. The lowest BCUT2D eigenvalue weighted by Crippen LogP contribution is -2.46. The average Bonchev–Trinajstić information content (AvgIpc) is 2.74. The lowest BCUT2D eigenvalue weighted by molar-refractivity contribution is 0.0921. The minimum absolute atomic E-state index is 0.0836. The Morgan fingerprint density at radius 1 is 1.00 bits per heavy atom. The summed E-state index contributed by atoms with van der Waals surface area (Å²) in [4.78, 5) is 12.8. The number of sulfonamides is 1. The summed E-state index contributed by atoms with van der Waals surface area (Å²) >= 11 is 0. The normalized spacial score (nSPS) is 15.8. The van der Waals surface area contributed by atoms with E-state index in [2.05, 4.69) is 5.32 Å². The number of carbonyl (C=O) groups excluding carboxylic acids is 1. The highest BCUT2D eigenvalue weighted by Gasteiger charge is 2.30. The number of nitrogens with one attached hydrogen (secondary N) is 1. The Kier molecular flexibility index (Phi) is 6.21. The second-order valence-electron chi connectivity index (χ2n) is 6.53. The second-order valence-corrected chi connectivity index (χ2v) is 8.47. The monoisotopic (exact) mass is 404 g/mol. The number of benzene rings is 2. The molecule has 0 saturated carbocycles. The fourth-order valence-electron chi connectivity index (χ4n) is 3.23. The number of piperidine rings is 1. The zero-order chi connectivity index (χ0) is 20.1. The van der Waals surface area contributed by atoms with E-state index in [1.165, 1.54) is 18.5 Å². The highest BCUT2D eigenvalue weighted by atomic mass is 32.2. The number of hydrogen-bond acceptors (Lipinski definition) is 5. The summed E-state index contributed by atoms with van der Waals surface area (Å²) in [5.41, 5.74) is 0.471. The number of ether oxygens (including phenoxy) is 2. The minimum Gasteiger partial charge on any atom is -0.497 e. The largest absolute Gasteiger partial charge is 0.497 e. The molecular weight excluding hydrogens is 380 g/mol. The van der Waals surface area contributed by atoms with Crippen molar-refractivity contribution in [1.29, 1.82) is 0 Å². The van der Waals surface area contributed by atoms with E-state index in [0.717, 1.165) is 0 Å². The fourth-order valence-corrected chi connectivity index (χ4v) is 4.70. The van der Waals surface area contributed by atoms with Crippen molar-refractivity contribution in [1.82, 2.24) is 9.62 Å². The Bertz CT molecular complexity index is 920. The number of hydrogen-bond donors (Lipinski definition) is 1. The first kappa shape index (κ1) is 20.2. The van der Waals surface area contributed by atoms with Crippen molar-refractivity contribution in [3.63, 3.8) is 0 Å². The minimum atomic E-state index is -3.56. The van der Waals surface area contributed by atoms with Crippen molar-refractivity contribution in [3.05, 3.63) is 54.1 Å². The first-order chi connectivity index (χ1) is 13.5. The number of methoxy groups -OCH3 is 2. The molecule has 1 N–H and O–H groups in total. The van der Waals surface area contributed by atoms with Crippen LogP contribution >= 0.6 is 0 Å². The topological polar surface area (TPSA) is 84.9 Å². The van der Waals surface area contributed by atoms with Crippen molar-refractivity contribution in [2.24, 2.45) is 0 Å². The lowest BCUT2D eigenvalue weighted by Gasteiger charge is -2.31. The van der Waals surface area contributed by atoms with E-state index >= 15 is 0 Å². The first-order valence-corrected chi connectivity index (χ1v) is 10.5. The van der Waals surface area contributed by atoms with Crippen LogP contribution in [0.4, 0.5) is 0 Å². The lowest BCUT2D eigenvalue weighted by atomic mass is 10.1. The van der Waals surface area contributed by atoms with Gasteiger partial charge in [0.1, 0.15) is 11.5 Å². The molecule has 0 spiro atoms. The highest BCUT2D eigenvalue weighted by Crippen LogP contribution is 2.23. The molecule has 8 heteroatoms. The van der Waals surface area contributed by atoms with Gasteiger partial charge in [0.2, 0.25) is 10.0 Å². The molecule has 0 aromatic heterocycles. The van der Waals surface area contributed by atoms with E-state index in [-0.39, 0.29) is 16.8 Å². The molecular formula is C20H24N2O5S. The second kappa shape index (κ2) is 8.62. The molecule has 0 atom stereocenters. The molecule has 2 aromatic rings. The van der Waals surface area contributed by atoms with Gasteiger partial charge in [-0.1, -0.05) is 12.1 Å². The maximum absolute atomic E-state index is 12.8. The van der Waals surface area contributed by atoms with Gasteiger partial charge in [0, 0.05) is 19.1 Å². The van der Waals surface area contributed by atoms with Gasteiger partial charge in [-0.05, 0) is 49.2 Å². The third-order valence-corrected chi connectivity index (χ3v) is 6.75. The molecule has 0 bridgehead atoms. The molecule has 1 fully saturated rings. The molecule has 1 saturated heterocycles. The van der Waals surface area contributed by atoms with E-state index in [1.807, 2.05) is 0 Å². The van der Waals surface area contributed by atoms with Crippen LogP contribution in [-0.4, -0.2) is 52.0 Å². The first-order valence-electron chi connectivity index (χ1n) is 9.04. The number of rotatable bonds is 6. The third kappa shape index (κ3) is 4.28.